The SMILES string of the molecule is O=C(Cc1cccnc1)N1CCc2nc3ccccn3c(=O)c2C1. The van der Waals surface area contributed by atoms with Gasteiger partial charge in [0.25, 0.3) is 5.56 Å². The smallest absolute Gasteiger partial charge is 0.263 e. The molecule has 1 aliphatic heterocycles. The third-order valence-electron chi connectivity index (χ3n) is 4.31. The van der Waals surface area contributed by atoms with E-state index >= 15 is 0 Å². The minimum Gasteiger partial charge on any atom is -0.337 e. The summed E-state index contributed by atoms with van der Waals surface area (Å²) in [4.78, 5) is 35.5. The second kappa shape index (κ2) is 5.88. The molecule has 0 saturated heterocycles. The van der Waals surface area contributed by atoms with Gasteiger partial charge in [0, 0.05) is 31.6 Å². The highest BCUT2D eigenvalue weighted by Gasteiger charge is 2.24. The molecule has 0 aromatic carbocycles. The average Bonchev–Trinajstić information content (AvgIpc) is 2.62. The number of hydrogen-bond donors (Lipinski definition) is 0. The molecule has 4 heterocycles. The lowest BCUT2D eigenvalue weighted by atomic mass is 10.1. The van der Waals surface area contributed by atoms with Crippen LogP contribution in [0.4, 0.5) is 0 Å². The van der Waals surface area contributed by atoms with Crippen LogP contribution < -0.4 is 5.56 Å². The molecular formula is C18H16N4O2. The first-order chi connectivity index (χ1) is 11.7. The summed E-state index contributed by atoms with van der Waals surface area (Å²) >= 11 is 0. The maximum atomic E-state index is 12.7. The zero-order valence-corrected chi connectivity index (χ0v) is 13.1. The predicted octanol–water partition coefficient (Wildman–Crippen LogP) is 1.22. The topological polar surface area (TPSA) is 67.6 Å². The summed E-state index contributed by atoms with van der Waals surface area (Å²) < 4.78 is 1.54. The summed E-state index contributed by atoms with van der Waals surface area (Å²) in [5, 5.41) is 0. The van der Waals surface area contributed by atoms with Gasteiger partial charge in [-0.3, -0.25) is 19.0 Å². The minimum atomic E-state index is -0.0884. The Bertz CT molecular complexity index is 966. The fraction of sp³-hybridized carbons (Fsp3) is 0.222. The summed E-state index contributed by atoms with van der Waals surface area (Å²) in [6.45, 7) is 0.902. The Morgan fingerprint density at radius 2 is 2.12 bits per heavy atom. The summed E-state index contributed by atoms with van der Waals surface area (Å²) in [5.74, 6) is 0.00575. The van der Waals surface area contributed by atoms with Crippen molar-refractivity contribution in [3.63, 3.8) is 0 Å². The summed E-state index contributed by atoms with van der Waals surface area (Å²) in [6, 6.07) is 9.18. The van der Waals surface area contributed by atoms with E-state index < -0.39 is 0 Å². The average molecular weight is 320 g/mol. The zero-order chi connectivity index (χ0) is 16.5. The van der Waals surface area contributed by atoms with Crippen LogP contribution >= 0.6 is 0 Å². The van der Waals surface area contributed by atoms with Gasteiger partial charge in [0.05, 0.1) is 24.2 Å². The van der Waals surface area contributed by atoms with Crippen LogP contribution in [-0.4, -0.2) is 31.7 Å². The molecule has 3 aromatic rings. The van der Waals surface area contributed by atoms with Crippen molar-refractivity contribution in [3.8, 4) is 0 Å². The van der Waals surface area contributed by atoms with Crippen LogP contribution in [0.2, 0.25) is 0 Å². The number of carbonyl (C=O) groups excluding carboxylic acids is 1. The van der Waals surface area contributed by atoms with Crippen LogP contribution in [0.3, 0.4) is 0 Å². The van der Waals surface area contributed by atoms with Crippen molar-refractivity contribution < 1.29 is 4.79 Å². The molecule has 0 spiro atoms. The van der Waals surface area contributed by atoms with E-state index in [2.05, 4.69) is 9.97 Å². The normalized spacial score (nSPS) is 13.8. The highest BCUT2D eigenvalue weighted by Crippen LogP contribution is 2.16. The molecule has 3 aromatic heterocycles. The molecule has 4 rings (SSSR count). The number of pyridine rings is 2. The molecule has 6 nitrogen and oxygen atoms in total. The van der Waals surface area contributed by atoms with Crippen molar-refractivity contribution in [2.24, 2.45) is 0 Å². The van der Waals surface area contributed by atoms with Crippen LogP contribution in [0.5, 0.6) is 0 Å². The summed E-state index contributed by atoms with van der Waals surface area (Å²) in [7, 11) is 0. The van der Waals surface area contributed by atoms with Gasteiger partial charge in [-0.2, -0.15) is 0 Å². The van der Waals surface area contributed by atoms with E-state index in [0.717, 1.165) is 11.3 Å². The minimum absolute atomic E-state index is 0.00575. The third-order valence-corrected chi connectivity index (χ3v) is 4.31. The maximum Gasteiger partial charge on any atom is 0.263 e. The number of nitrogens with zero attached hydrogens (tertiary/aromatic N) is 4. The summed E-state index contributed by atoms with van der Waals surface area (Å²) in [6.07, 6.45) is 5.99. The van der Waals surface area contributed by atoms with Gasteiger partial charge in [0.15, 0.2) is 0 Å². The number of amides is 1. The molecule has 0 aliphatic carbocycles. The van der Waals surface area contributed by atoms with E-state index in [0.29, 0.717) is 37.1 Å². The van der Waals surface area contributed by atoms with Crippen LogP contribution in [0, 0.1) is 0 Å². The Morgan fingerprint density at radius 1 is 1.21 bits per heavy atom. The lowest BCUT2D eigenvalue weighted by Gasteiger charge is -2.28. The summed E-state index contributed by atoms with van der Waals surface area (Å²) in [5.41, 5.74) is 2.86. The molecule has 0 saturated carbocycles. The number of carbonyl (C=O) groups is 1. The molecule has 0 N–H and O–H groups in total. The highest BCUT2D eigenvalue weighted by molar-refractivity contribution is 5.79. The van der Waals surface area contributed by atoms with Gasteiger partial charge >= 0.3 is 0 Å². The zero-order valence-electron chi connectivity index (χ0n) is 13.1. The van der Waals surface area contributed by atoms with E-state index in [1.165, 1.54) is 4.40 Å². The Balaban J connectivity index is 1.62. The van der Waals surface area contributed by atoms with Gasteiger partial charge in [-0.25, -0.2) is 4.98 Å². The number of aromatic nitrogens is 3. The van der Waals surface area contributed by atoms with Crippen molar-refractivity contribution in [2.75, 3.05) is 6.54 Å². The van der Waals surface area contributed by atoms with Gasteiger partial charge in [0.2, 0.25) is 5.91 Å². The van der Waals surface area contributed by atoms with E-state index in [9.17, 15) is 9.59 Å². The van der Waals surface area contributed by atoms with Crippen LogP contribution in [0.15, 0.2) is 53.7 Å². The molecule has 0 unspecified atom stereocenters. The van der Waals surface area contributed by atoms with Crippen molar-refractivity contribution >= 4 is 11.6 Å². The molecule has 1 amide bonds. The van der Waals surface area contributed by atoms with Gasteiger partial charge in [0.1, 0.15) is 5.65 Å². The molecule has 6 heteroatoms. The van der Waals surface area contributed by atoms with Crippen LogP contribution in [0.25, 0.3) is 5.65 Å². The molecule has 0 atom stereocenters. The molecule has 1 aliphatic rings. The predicted molar refractivity (Wildman–Crippen MR) is 88.5 cm³/mol. The second-order valence-corrected chi connectivity index (χ2v) is 5.87. The van der Waals surface area contributed by atoms with Gasteiger partial charge < -0.3 is 4.90 Å². The monoisotopic (exact) mass is 320 g/mol. The molecular weight excluding hydrogens is 304 g/mol. The Morgan fingerprint density at radius 3 is 2.96 bits per heavy atom. The molecule has 0 radical (unpaired) electrons. The lowest BCUT2D eigenvalue weighted by Crippen LogP contribution is -2.40. The number of fused-ring (bicyclic) bond motifs is 2. The largest absolute Gasteiger partial charge is 0.337 e. The second-order valence-electron chi connectivity index (χ2n) is 5.87. The maximum absolute atomic E-state index is 12.7. The van der Waals surface area contributed by atoms with Crippen LogP contribution in [-0.2, 0) is 24.2 Å². The van der Waals surface area contributed by atoms with E-state index in [1.807, 2.05) is 24.3 Å². The Labute approximate surface area is 138 Å². The van der Waals surface area contributed by atoms with Crippen molar-refractivity contribution in [1.29, 1.82) is 0 Å². The van der Waals surface area contributed by atoms with E-state index in [1.54, 1.807) is 29.6 Å². The van der Waals surface area contributed by atoms with Crippen molar-refractivity contribution in [1.82, 2.24) is 19.3 Å². The van der Waals surface area contributed by atoms with Crippen molar-refractivity contribution in [3.05, 3.63) is 76.1 Å². The third kappa shape index (κ3) is 2.56. The standard InChI is InChI=1S/C18H16N4O2/c23-17(10-13-4-3-7-19-11-13)21-9-6-15-14(12-21)18(24)22-8-2-1-5-16(22)20-15/h1-5,7-8,11H,6,9-10,12H2. The first-order valence-electron chi connectivity index (χ1n) is 7.88. The van der Waals surface area contributed by atoms with E-state index in [-0.39, 0.29) is 11.5 Å². The van der Waals surface area contributed by atoms with Crippen molar-refractivity contribution in [2.45, 2.75) is 19.4 Å². The van der Waals surface area contributed by atoms with Gasteiger partial charge in [-0.05, 0) is 23.8 Å². The number of hydrogen-bond acceptors (Lipinski definition) is 4. The fourth-order valence-corrected chi connectivity index (χ4v) is 3.05. The Hall–Kier alpha value is -3.02. The van der Waals surface area contributed by atoms with E-state index in [4.69, 9.17) is 0 Å². The molecule has 24 heavy (non-hydrogen) atoms. The molecule has 0 bridgehead atoms. The first-order valence-corrected chi connectivity index (χ1v) is 7.88. The number of rotatable bonds is 2. The molecule has 120 valence electrons. The molecule has 0 fully saturated rings. The lowest BCUT2D eigenvalue weighted by molar-refractivity contribution is -0.131. The van der Waals surface area contributed by atoms with Gasteiger partial charge in [-0.1, -0.05) is 12.1 Å². The van der Waals surface area contributed by atoms with Crippen LogP contribution in [0.1, 0.15) is 16.8 Å². The fourth-order valence-electron chi connectivity index (χ4n) is 3.05. The quantitative estimate of drug-likeness (QED) is 0.712. The highest BCUT2D eigenvalue weighted by atomic mass is 16.2. The first kappa shape index (κ1) is 14.6. The Kier molecular flexibility index (Phi) is 3.57. The van der Waals surface area contributed by atoms with Gasteiger partial charge in [-0.15, -0.1) is 0 Å².